The quantitative estimate of drug-likeness (QED) is 0.319. The van der Waals surface area contributed by atoms with Crippen LogP contribution in [-0.2, 0) is 18.4 Å². The fraction of sp³-hybridized carbons (Fsp3) is 0.276. The summed E-state index contributed by atoms with van der Waals surface area (Å²) >= 11 is 0. The predicted octanol–water partition coefficient (Wildman–Crippen LogP) is 5.32. The van der Waals surface area contributed by atoms with Gasteiger partial charge in [0.1, 0.15) is 5.82 Å². The first-order chi connectivity index (χ1) is 18.3. The summed E-state index contributed by atoms with van der Waals surface area (Å²) in [7, 11) is 0. The van der Waals surface area contributed by atoms with Gasteiger partial charge in [0, 0.05) is 29.2 Å². The molecule has 0 aliphatic rings. The van der Waals surface area contributed by atoms with Crippen molar-refractivity contribution in [3.8, 4) is 28.3 Å². The largest absolute Gasteiger partial charge is 0.333 e. The van der Waals surface area contributed by atoms with Crippen LogP contribution in [-0.4, -0.2) is 34.7 Å². The lowest BCUT2D eigenvalue weighted by Crippen LogP contribution is -2.27. The zero-order chi connectivity index (χ0) is 26.9. The second-order valence-corrected chi connectivity index (χ2v) is 10.3. The highest BCUT2D eigenvalue weighted by atomic mass is 19.1. The lowest BCUT2D eigenvalue weighted by Gasteiger charge is -2.23. The van der Waals surface area contributed by atoms with Crippen LogP contribution in [0.25, 0.3) is 28.3 Å². The van der Waals surface area contributed by atoms with E-state index in [0.29, 0.717) is 24.5 Å². The highest BCUT2D eigenvalue weighted by Crippen LogP contribution is 2.30. The summed E-state index contributed by atoms with van der Waals surface area (Å²) in [5.41, 5.74) is 4.76. The van der Waals surface area contributed by atoms with Gasteiger partial charge in [0.25, 0.3) is 0 Å². The number of tetrazole rings is 1. The molecule has 2 aromatic carbocycles. The molecule has 0 saturated heterocycles. The standard InChI is InChI=1S/C29H30FN7O/c1-5-8-21-18-37(26-23(29(2,3)4)10-6-11-24(26)30)28(38)36(21)17-19-12-14-20(15-13-19)25-22(9-7-16-31-25)27-32-34-35-33-27/h6-7,9-16,18H,5,8,17H2,1-4H3,(H,32,33,34,35). The number of pyridine rings is 1. The molecule has 3 aromatic heterocycles. The summed E-state index contributed by atoms with van der Waals surface area (Å²) in [4.78, 5) is 18.2. The lowest BCUT2D eigenvalue weighted by atomic mass is 9.85. The van der Waals surface area contributed by atoms with Gasteiger partial charge in [0.05, 0.1) is 17.9 Å². The molecular weight excluding hydrogens is 481 g/mol. The van der Waals surface area contributed by atoms with E-state index in [0.717, 1.165) is 40.1 Å². The second kappa shape index (κ2) is 10.2. The van der Waals surface area contributed by atoms with Gasteiger partial charge >= 0.3 is 5.69 Å². The first kappa shape index (κ1) is 25.3. The first-order valence-electron chi connectivity index (χ1n) is 12.7. The van der Waals surface area contributed by atoms with Crippen molar-refractivity contribution in [3.63, 3.8) is 0 Å². The minimum Gasteiger partial charge on any atom is -0.292 e. The molecule has 8 nitrogen and oxygen atoms in total. The first-order valence-corrected chi connectivity index (χ1v) is 12.7. The average Bonchev–Trinajstić information content (AvgIpc) is 3.54. The van der Waals surface area contributed by atoms with E-state index in [1.165, 1.54) is 10.6 Å². The molecule has 194 valence electrons. The summed E-state index contributed by atoms with van der Waals surface area (Å²) in [6.07, 6.45) is 5.09. The summed E-state index contributed by atoms with van der Waals surface area (Å²) in [6, 6.07) is 16.6. The molecule has 0 aliphatic carbocycles. The molecule has 9 heteroatoms. The minimum atomic E-state index is -0.406. The third kappa shape index (κ3) is 4.79. The van der Waals surface area contributed by atoms with E-state index in [1.807, 2.05) is 63.2 Å². The molecule has 38 heavy (non-hydrogen) atoms. The van der Waals surface area contributed by atoms with Crippen molar-refractivity contribution in [2.45, 2.75) is 52.5 Å². The van der Waals surface area contributed by atoms with Gasteiger partial charge in [-0.15, -0.1) is 10.2 Å². The van der Waals surface area contributed by atoms with Crippen molar-refractivity contribution in [3.05, 3.63) is 100 Å². The Hall–Kier alpha value is -4.40. The molecule has 0 saturated carbocycles. The molecule has 3 heterocycles. The smallest absolute Gasteiger partial charge is 0.292 e. The maximum absolute atomic E-state index is 15.2. The molecule has 5 aromatic rings. The number of imidazole rings is 1. The lowest BCUT2D eigenvalue weighted by molar-refractivity contribution is 0.560. The summed E-state index contributed by atoms with van der Waals surface area (Å²) in [5.74, 6) is 0.0638. The van der Waals surface area contributed by atoms with Gasteiger partial charge in [0.2, 0.25) is 5.82 Å². The number of aromatic amines is 1. The van der Waals surface area contributed by atoms with Crippen molar-refractivity contribution >= 4 is 0 Å². The van der Waals surface area contributed by atoms with Gasteiger partial charge < -0.3 is 0 Å². The monoisotopic (exact) mass is 511 g/mol. The zero-order valence-electron chi connectivity index (χ0n) is 21.9. The maximum Gasteiger partial charge on any atom is 0.333 e. The van der Waals surface area contributed by atoms with E-state index in [9.17, 15) is 4.79 Å². The number of nitrogens with one attached hydrogen (secondary N) is 1. The van der Waals surface area contributed by atoms with E-state index in [1.54, 1.807) is 23.0 Å². The molecule has 0 bridgehead atoms. The van der Waals surface area contributed by atoms with Crippen LogP contribution < -0.4 is 5.69 Å². The minimum absolute atomic E-state index is 0.253. The Kier molecular flexibility index (Phi) is 6.75. The number of hydrogen-bond donors (Lipinski definition) is 1. The predicted molar refractivity (Wildman–Crippen MR) is 145 cm³/mol. The van der Waals surface area contributed by atoms with Gasteiger partial charge in [-0.3, -0.25) is 14.1 Å². The van der Waals surface area contributed by atoms with Gasteiger partial charge in [-0.2, -0.15) is 5.21 Å². The molecule has 0 aliphatic heterocycles. The van der Waals surface area contributed by atoms with E-state index >= 15 is 4.39 Å². The number of nitrogens with zero attached hydrogens (tertiary/aromatic N) is 6. The van der Waals surface area contributed by atoms with Crippen molar-refractivity contribution in [2.75, 3.05) is 0 Å². The van der Waals surface area contributed by atoms with Crippen LogP contribution >= 0.6 is 0 Å². The highest BCUT2D eigenvalue weighted by Gasteiger charge is 2.24. The Morgan fingerprint density at radius 1 is 1.03 bits per heavy atom. The second-order valence-electron chi connectivity index (χ2n) is 10.3. The van der Waals surface area contributed by atoms with Crippen molar-refractivity contribution < 1.29 is 4.39 Å². The van der Waals surface area contributed by atoms with Gasteiger partial charge in [-0.25, -0.2) is 9.18 Å². The molecule has 0 spiro atoms. The SMILES string of the molecule is CCCc1cn(-c2c(F)cccc2C(C)(C)C)c(=O)n1Cc1ccc(-c2ncccc2-c2nn[nH]n2)cc1. The Morgan fingerprint density at radius 3 is 2.50 bits per heavy atom. The molecule has 1 N–H and O–H groups in total. The maximum atomic E-state index is 15.2. The molecule has 0 unspecified atom stereocenters. The average molecular weight is 512 g/mol. The fourth-order valence-corrected chi connectivity index (χ4v) is 4.72. The Labute approximate surface area is 220 Å². The Morgan fingerprint density at radius 2 is 1.82 bits per heavy atom. The Bertz CT molecular complexity index is 1610. The molecule has 0 fully saturated rings. The number of benzene rings is 2. The molecule has 0 amide bonds. The van der Waals surface area contributed by atoms with E-state index in [4.69, 9.17) is 0 Å². The van der Waals surface area contributed by atoms with Crippen LogP contribution in [0.15, 0.2) is 71.8 Å². The number of rotatable bonds is 7. The number of aromatic nitrogens is 7. The van der Waals surface area contributed by atoms with Crippen LogP contribution in [0.4, 0.5) is 4.39 Å². The fourth-order valence-electron chi connectivity index (χ4n) is 4.72. The summed E-state index contributed by atoms with van der Waals surface area (Å²) in [5, 5.41) is 14.3. The van der Waals surface area contributed by atoms with Crippen molar-refractivity contribution in [1.29, 1.82) is 0 Å². The van der Waals surface area contributed by atoms with Crippen LogP contribution in [0.5, 0.6) is 0 Å². The van der Waals surface area contributed by atoms with Crippen LogP contribution in [0, 0.1) is 5.82 Å². The number of aryl methyl sites for hydroxylation is 1. The van der Waals surface area contributed by atoms with Crippen molar-refractivity contribution in [2.24, 2.45) is 0 Å². The van der Waals surface area contributed by atoms with Crippen molar-refractivity contribution in [1.82, 2.24) is 34.7 Å². The normalized spacial score (nSPS) is 11.7. The van der Waals surface area contributed by atoms with Gasteiger partial charge in [0.15, 0.2) is 0 Å². The summed E-state index contributed by atoms with van der Waals surface area (Å²) < 4.78 is 18.4. The Balaban J connectivity index is 1.52. The molecule has 5 rings (SSSR count). The third-order valence-corrected chi connectivity index (χ3v) is 6.57. The zero-order valence-corrected chi connectivity index (χ0v) is 21.9. The number of halogens is 1. The van der Waals surface area contributed by atoms with Crippen LogP contribution in [0.1, 0.15) is 50.9 Å². The third-order valence-electron chi connectivity index (χ3n) is 6.57. The topological polar surface area (TPSA) is 94.3 Å². The summed E-state index contributed by atoms with van der Waals surface area (Å²) in [6.45, 7) is 8.51. The molecular formula is C29H30FN7O. The van der Waals surface area contributed by atoms with E-state index < -0.39 is 5.82 Å². The highest BCUT2D eigenvalue weighted by molar-refractivity contribution is 5.76. The van der Waals surface area contributed by atoms with Gasteiger partial charge in [-0.05, 0) is 46.4 Å². The van der Waals surface area contributed by atoms with E-state index in [-0.39, 0.29) is 11.1 Å². The number of hydrogen-bond acceptors (Lipinski definition) is 5. The van der Waals surface area contributed by atoms with Crippen LogP contribution in [0.2, 0.25) is 0 Å². The van der Waals surface area contributed by atoms with Crippen LogP contribution in [0.3, 0.4) is 0 Å². The van der Waals surface area contributed by atoms with E-state index in [2.05, 4.69) is 32.5 Å². The molecule has 0 atom stereocenters. The number of H-pyrrole nitrogens is 1. The molecule has 0 radical (unpaired) electrons. The van der Waals surface area contributed by atoms with Gasteiger partial charge in [-0.1, -0.05) is 70.5 Å². The number of para-hydroxylation sites is 1.